The fourth-order valence-electron chi connectivity index (χ4n) is 2.48. The van der Waals surface area contributed by atoms with Gasteiger partial charge in [-0.05, 0) is 37.1 Å². The van der Waals surface area contributed by atoms with E-state index in [1.54, 1.807) is 12.1 Å². The van der Waals surface area contributed by atoms with Crippen molar-refractivity contribution in [3.8, 4) is 0 Å². The topological polar surface area (TPSA) is 67.4 Å². The van der Waals surface area contributed by atoms with E-state index in [1.807, 2.05) is 50.2 Å². The molecule has 0 aliphatic carbocycles. The van der Waals surface area contributed by atoms with E-state index < -0.39 is 6.17 Å². The second kappa shape index (κ2) is 9.15. The number of carbonyl (C=O) groups is 2. The van der Waals surface area contributed by atoms with E-state index in [9.17, 15) is 9.59 Å². The maximum Gasteiger partial charge on any atom is 0.253 e. The molecule has 5 nitrogen and oxygen atoms in total. The summed E-state index contributed by atoms with van der Waals surface area (Å²) in [5, 5.41) is 5.70. The summed E-state index contributed by atoms with van der Waals surface area (Å²) in [4.78, 5) is 25.0. The zero-order chi connectivity index (χ0) is 18.2. The molecule has 0 unspecified atom stereocenters. The Hall–Kier alpha value is -2.44. The molecule has 6 heteroatoms. The Labute approximate surface area is 151 Å². The van der Waals surface area contributed by atoms with Crippen LogP contribution in [0.2, 0.25) is 0 Å². The van der Waals surface area contributed by atoms with Crippen LogP contribution in [0.5, 0.6) is 0 Å². The van der Waals surface area contributed by atoms with Gasteiger partial charge in [-0.15, -0.1) is 0 Å². The molecule has 0 bridgehead atoms. The van der Waals surface area contributed by atoms with Gasteiger partial charge in [0.1, 0.15) is 6.17 Å². The van der Waals surface area contributed by atoms with Crippen LogP contribution in [0.4, 0.5) is 0 Å². The third kappa shape index (κ3) is 5.27. The highest BCUT2D eigenvalue weighted by molar-refractivity contribution is 6.08. The molecule has 0 aliphatic rings. The van der Waals surface area contributed by atoms with Gasteiger partial charge in [-0.3, -0.25) is 9.59 Å². The van der Waals surface area contributed by atoms with Gasteiger partial charge >= 0.3 is 0 Å². The maximum absolute atomic E-state index is 12.5. The average molecular weight is 356 g/mol. The Bertz CT molecular complexity index is 689. The van der Waals surface area contributed by atoms with Gasteiger partial charge in [0.05, 0.1) is 6.61 Å². The molecule has 0 saturated carbocycles. The van der Waals surface area contributed by atoms with Crippen molar-refractivity contribution in [1.82, 2.24) is 10.6 Å². The summed E-state index contributed by atoms with van der Waals surface area (Å²) >= 11 is 0. The zero-order valence-corrected chi connectivity index (χ0v) is 16.8. The minimum atomic E-state index is -0.590. The third-order valence-electron chi connectivity index (χ3n) is 3.88. The van der Waals surface area contributed by atoms with Crippen molar-refractivity contribution < 1.29 is 14.3 Å². The van der Waals surface area contributed by atoms with Crippen LogP contribution in [0, 0.1) is 13.8 Å². The van der Waals surface area contributed by atoms with E-state index in [4.69, 9.17) is 4.74 Å². The van der Waals surface area contributed by atoms with Crippen molar-refractivity contribution in [2.24, 2.45) is 0 Å². The fraction of sp³-hybridized carbons (Fsp3) is 0.263. The summed E-state index contributed by atoms with van der Waals surface area (Å²) in [6.07, 6.45) is 0.0462. The molecule has 0 fully saturated rings. The number of aryl methyl sites for hydroxylation is 2. The largest absolute Gasteiger partial charge is 0.382 e. The van der Waals surface area contributed by atoms with E-state index in [1.165, 1.54) is 0 Å². The molecule has 0 radical (unpaired) electrons. The van der Waals surface area contributed by atoms with Crippen molar-refractivity contribution >= 4 is 22.1 Å². The Morgan fingerprint density at radius 2 is 1.36 bits per heavy atom. The van der Waals surface area contributed by atoms with Gasteiger partial charge in [0, 0.05) is 27.6 Å². The van der Waals surface area contributed by atoms with Crippen LogP contribution in [-0.4, -0.2) is 41.1 Å². The quantitative estimate of drug-likeness (QED) is 0.577. The molecule has 2 N–H and O–H groups in total. The smallest absolute Gasteiger partial charge is 0.253 e. The number of rotatable bonds is 7. The number of amides is 2. The van der Waals surface area contributed by atoms with Crippen molar-refractivity contribution in [3.05, 3.63) is 70.8 Å². The van der Waals surface area contributed by atoms with E-state index in [-0.39, 0.29) is 18.4 Å². The summed E-state index contributed by atoms with van der Waals surface area (Å²) < 4.78 is 5.46. The Morgan fingerprint density at radius 1 is 0.920 bits per heavy atom. The molecule has 0 saturated heterocycles. The predicted octanol–water partition coefficient (Wildman–Crippen LogP) is 1.13. The van der Waals surface area contributed by atoms with Crippen LogP contribution in [0.3, 0.4) is 0 Å². The monoisotopic (exact) mass is 356 g/mol. The Balaban J connectivity index is 2.11. The number of hydrogen-bond donors (Lipinski definition) is 2. The second-order valence-corrected chi connectivity index (χ2v) is 6.37. The Kier molecular flexibility index (Phi) is 6.91. The lowest BCUT2D eigenvalue weighted by molar-refractivity contribution is 0.0791. The van der Waals surface area contributed by atoms with Gasteiger partial charge < -0.3 is 15.4 Å². The number of ether oxygens (including phenoxy) is 1. The molecule has 0 atom stereocenters. The highest BCUT2D eigenvalue weighted by atomic mass is 28.1. The lowest BCUT2D eigenvalue weighted by atomic mass is 10.1. The first-order chi connectivity index (χ1) is 12.0. The molecule has 0 heterocycles. The van der Waals surface area contributed by atoms with Gasteiger partial charge in [-0.2, -0.15) is 0 Å². The SMILES string of the molecule is Cc1ccccc1C(=O)NC(COC[SiH3])NC(=O)c1ccccc1C. The van der Waals surface area contributed by atoms with Gasteiger partial charge in [0.25, 0.3) is 11.8 Å². The van der Waals surface area contributed by atoms with Crippen LogP contribution >= 0.6 is 0 Å². The minimum Gasteiger partial charge on any atom is -0.382 e. The van der Waals surface area contributed by atoms with Crippen molar-refractivity contribution in [2.45, 2.75) is 20.0 Å². The molecule has 2 aromatic carbocycles. The normalized spacial score (nSPS) is 10.7. The summed E-state index contributed by atoms with van der Waals surface area (Å²) in [6.45, 7) is 3.99. The summed E-state index contributed by atoms with van der Waals surface area (Å²) in [6, 6.07) is 14.7. The standard InChI is InChI=1S/C19H24N2O3Si/c1-13-7-3-5-9-15(13)18(22)20-17(11-24-12-25)21-19(23)16-10-6-4-8-14(16)2/h3-10,17H,11-12H2,1-2,25H3,(H,20,22)(H,21,23). The van der Waals surface area contributed by atoms with Crippen LogP contribution in [0.25, 0.3) is 0 Å². The lowest BCUT2D eigenvalue weighted by Crippen LogP contribution is -2.51. The van der Waals surface area contributed by atoms with E-state index in [0.717, 1.165) is 21.4 Å². The van der Waals surface area contributed by atoms with E-state index in [0.29, 0.717) is 17.4 Å². The van der Waals surface area contributed by atoms with Crippen LogP contribution in [0.1, 0.15) is 31.8 Å². The number of hydrogen-bond acceptors (Lipinski definition) is 3. The molecule has 2 aromatic rings. The predicted molar refractivity (Wildman–Crippen MR) is 102 cm³/mol. The second-order valence-electron chi connectivity index (χ2n) is 5.79. The van der Waals surface area contributed by atoms with Crippen molar-refractivity contribution in [3.63, 3.8) is 0 Å². The summed E-state index contributed by atoms with van der Waals surface area (Å²) in [5.74, 6) is -0.463. The minimum absolute atomic E-state index is 0.231. The zero-order valence-electron chi connectivity index (χ0n) is 14.8. The first kappa shape index (κ1) is 18.9. The molecule has 2 rings (SSSR count). The van der Waals surface area contributed by atoms with E-state index >= 15 is 0 Å². The average Bonchev–Trinajstić information content (AvgIpc) is 2.60. The lowest BCUT2D eigenvalue weighted by Gasteiger charge is -2.21. The molecular weight excluding hydrogens is 332 g/mol. The van der Waals surface area contributed by atoms with Crippen LogP contribution in [-0.2, 0) is 4.74 Å². The third-order valence-corrected chi connectivity index (χ3v) is 4.29. The number of carbonyl (C=O) groups excluding carboxylic acids is 2. The highest BCUT2D eigenvalue weighted by Gasteiger charge is 2.18. The first-order valence-electron chi connectivity index (χ1n) is 8.33. The summed E-state index contributed by atoms with van der Waals surface area (Å²) in [5.41, 5.74) is 2.94. The molecular formula is C19H24N2O3Si. The van der Waals surface area contributed by atoms with Crippen LogP contribution in [0.15, 0.2) is 48.5 Å². The van der Waals surface area contributed by atoms with Crippen molar-refractivity contribution in [1.29, 1.82) is 0 Å². The van der Waals surface area contributed by atoms with Crippen molar-refractivity contribution in [2.75, 3.05) is 12.8 Å². The molecule has 25 heavy (non-hydrogen) atoms. The Morgan fingerprint density at radius 3 is 1.76 bits per heavy atom. The van der Waals surface area contributed by atoms with E-state index in [2.05, 4.69) is 10.6 Å². The molecule has 0 aliphatic heterocycles. The van der Waals surface area contributed by atoms with Gasteiger partial charge in [0.2, 0.25) is 0 Å². The fourth-order valence-corrected chi connectivity index (χ4v) is 2.72. The first-order valence-corrected chi connectivity index (χ1v) is 9.75. The maximum atomic E-state index is 12.5. The van der Waals surface area contributed by atoms with Crippen LogP contribution < -0.4 is 10.6 Å². The van der Waals surface area contributed by atoms with Gasteiger partial charge in [0.15, 0.2) is 0 Å². The molecule has 2 amide bonds. The molecule has 0 aromatic heterocycles. The van der Waals surface area contributed by atoms with Gasteiger partial charge in [-0.25, -0.2) is 0 Å². The number of benzene rings is 2. The number of nitrogens with one attached hydrogen (secondary N) is 2. The van der Waals surface area contributed by atoms with Gasteiger partial charge in [-0.1, -0.05) is 36.4 Å². The molecule has 132 valence electrons. The highest BCUT2D eigenvalue weighted by Crippen LogP contribution is 2.08. The molecule has 0 spiro atoms. The summed E-state index contributed by atoms with van der Waals surface area (Å²) in [7, 11) is 0.893.